The molecule has 0 atom stereocenters. The Morgan fingerprint density at radius 2 is 1.62 bits per heavy atom. The van der Waals surface area contributed by atoms with Gasteiger partial charge in [-0.15, -0.1) is 0 Å². The highest BCUT2D eigenvalue weighted by Gasteiger charge is 2.19. The summed E-state index contributed by atoms with van der Waals surface area (Å²) in [5, 5.41) is 0.426. The lowest BCUT2D eigenvalue weighted by Crippen LogP contribution is -2.10. The molecule has 2 aromatic heterocycles. The SMILES string of the molecule is Nc1nc2[nH]c(-c3ccc(F)cc3)c(-c3ccccc3)c2c(=O)[nH]1. The van der Waals surface area contributed by atoms with Crippen LogP contribution in [0.3, 0.4) is 0 Å². The molecule has 0 saturated carbocycles. The van der Waals surface area contributed by atoms with Gasteiger partial charge in [0.25, 0.3) is 5.56 Å². The average Bonchev–Trinajstić information content (AvgIpc) is 2.96. The van der Waals surface area contributed by atoms with Crippen molar-refractivity contribution in [1.29, 1.82) is 0 Å². The first-order chi connectivity index (χ1) is 11.6. The molecule has 0 aliphatic rings. The minimum absolute atomic E-state index is 0.0408. The molecule has 0 spiro atoms. The van der Waals surface area contributed by atoms with Crippen LogP contribution in [0.2, 0.25) is 0 Å². The molecule has 4 rings (SSSR count). The van der Waals surface area contributed by atoms with Gasteiger partial charge in [0.05, 0.1) is 11.1 Å². The zero-order valence-electron chi connectivity index (χ0n) is 12.5. The molecule has 0 radical (unpaired) electrons. The Balaban J connectivity index is 2.11. The Kier molecular flexibility index (Phi) is 3.16. The van der Waals surface area contributed by atoms with E-state index in [1.54, 1.807) is 12.1 Å². The van der Waals surface area contributed by atoms with Gasteiger partial charge in [0.2, 0.25) is 5.95 Å². The Hall–Kier alpha value is -3.41. The molecule has 0 amide bonds. The number of nitrogens with two attached hydrogens (primary N) is 1. The van der Waals surface area contributed by atoms with Gasteiger partial charge in [0, 0.05) is 5.56 Å². The molecule has 0 aliphatic heterocycles. The van der Waals surface area contributed by atoms with Crippen molar-refractivity contribution in [2.75, 3.05) is 5.73 Å². The predicted octanol–water partition coefficient (Wildman–Crippen LogP) is 3.31. The van der Waals surface area contributed by atoms with E-state index in [1.807, 2.05) is 30.3 Å². The number of H-pyrrole nitrogens is 2. The summed E-state index contributed by atoms with van der Waals surface area (Å²) in [4.78, 5) is 22.3. The lowest BCUT2D eigenvalue weighted by atomic mass is 9.99. The molecule has 4 N–H and O–H groups in total. The van der Waals surface area contributed by atoms with E-state index in [9.17, 15) is 9.18 Å². The Morgan fingerprint density at radius 3 is 2.33 bits per heavy atom. The molecule has 2 aromatic carbocycles. The third-order valence-electron chi connectivity index (χ3n) is 3.88. The van der Waals surface area contributed by atoms with Gasteiger partial charge in [0.15, 0.2) is 0 Å². The molecular weight excluding hydrogens is 307 g/mol. The number of nitrogen functional groups attached to an aromatic ring is 1. The lowest BCUT2D eigenvalue weighted by Gasteiger charge is -2.05. The topological polar surface area (TPSA) is 87.6 Å². The third-order valence-corrected chi connectivity index (χ3v) is 3.88. The number of halogens is 1. The summed E-state index contributed by atoms with van der Waals surface area (Å²) in [7, 11) is 0. The summed E-state index contributed by atoms with van der Waals surface area (Å²) in [6.45, 7) is 0. The van der Waals surface area contributed by atoms with Crippen LogP contribution in [0.5, 0.6) is 0 Å². The first-order valence-corrected chi connectivity index (χ1v) is 7.36. The highest BCUT2D eigenvalue weighted by atomic mass is 19.1. The van der Waals surface area contributed by atoms with E-state index >= 15 is 0 Å². The van der Waals surface area contributed by atoms with Crippen molar-refractivity contribution < 1.29 is 4.39 Å². The molecule has 5 nitrogen and oxygen atoms in total. The van der Waals surface area contributed by atoms with Crippen molar-refractivity contribution in [3.8, 4) is 22.4 Å². The van der Waals surface area contributed by atoms with Crippen LogP contribution < -0.4 is 11.3 Å². The standard InChI is InChI=1S/C18H13FN4O/c19-12-8-6-11(7-9-12)15-13(10-4-2-1-3-5-10)14-16(21-15)22-18(20)23-17(14)24/h1-9H,(H4,20,21,22,23,24). The average molecular weight is 320 g/mol. The van der Waals surface area contributed by atoms with E-state index in [1.165, 1.54) is 12.1 Å². The van der Waals surface area contributed by atoms with Crippen molar-refractivity contribution >= 4 is 17.0 Å². The zero-order chi connectivity index (χ0) is 16.7. The number of anilines is 1. The van der Waals surface area contributed by atoms with Crippen molar-refractivity contribution in [2.45, 2.75) is 0 Å². The normalized spacial score (nSPS) is 11.0. The van der Waals surface area contributed by atoms with Gasteiger partial charge in [-0.3, -0.25) is 9.78 Å². The minimum atomic E-state index is -0.323. The van der Waals surface area contributed by atoms with Gasteiger partial charge in [-0.05, 0) is 35.4 Å². The van der Waals surface area contributed by atoms with Gasteiger partial charge in [-0.1, -0.05) is 30.3 Å². The van der Waals surface area contributed by atoms with Crippen LogP contribution in [0, 0.1) is 5.82 Å². The van der Waals surface area contributed by atoms with Gasteiger partial charge >= 0.3 is 0 Å². The molecule has 0 fully saturated rings. The number of hydrogen-bond acceptors (Lipinski definition) is 3. The summed E-state index contributed by atoms with van der Waals surface area (Å²) in [6, 6.07) is 15.6. The van der Waals surface area contributed by atoms with E-state index in [0.717, 1.165) is 11.1 Å². The number of nitrogens with zero attached hydrogens (tertiary/aromatic N) is 1. The number of hydrogen-bond donors (Lipinski definition) is 3. The minimum Gasteiger partial charge on any atom is -0.369 e. The fraction of sp³-hybridized carbons (Fsp3) is 0. The van der Waals surface area contributed by atoms with Gasteiger partial charge in [-0.25, -0.2) is 4.39 Å². The van der Waals surface area contributed by atoms with E-state index in [4.69, 9.17) is 5.73 Å². The first-order valence-electron chi connectivity index (χ1n) is 7.36. The lowest BCUT2D eigenvalue weighted by molar-refractivity contribution is 0.628. The molecule has 2 heterocycles. The van der Waals surface area contributed by atoms with Gasteiger partial charge in [-0.2, -0.15) is 4.98 Å². The second-order valence-electron chi connectivity index (χ2n) is 5.42. The Morgan fingerprint density at radius 1 is 0.917 bits per heavy atom. The third kappa shape index (κ3) is 2.25. The van der Waals surface area contributed by atoms with Crippen LogP contribution in [0.1, 0.15) is 0 Å². The first kappa shape index (κ1) is 14.2. The fourth-order valence-corrected chi connectivity index (χ4v) is 2.85. The van der Waals surface area contributed by atoms with Crippen LogP contribution in [0.25, 0.3) is 33.4 Å². The van der Waals surface area contributed by atoms with Gasteiger partial charge < -0.3 is 10.7 Å². The largest absolute Gasteiger partial charge is 0.369 e. The molecule has 0 bridgehead atoms. The zero-order valence-corrected chi connectivity index (χ0v) is 12.5. The summed E-state index contributed by atoms with van der Waals surface area (Å²) in [5.41, 5.74) is 8.75. The van der Waals surface area contributed by atoms with Gasteiger partial charge in [0.1, 0.15) is 11.5 Å². The molecule has 0 aliphatic carbocycles. The van der Waals surface area contributed by atoms with E-state index in [-0.39, 0.29) is 17.3 Å². The summed E-state index contributed by atoms with van der Waals surface area (Å²) >= 11 is 0. The van der Waals surface area contributed by atoms with Crippen molar-refractivity contribution in [2.24, 2.45) is 0 Å². The predicted molar refractivity (Wildman–Crippen MR) is 92.0 cm³/mol. The van der Waals surface area contributed by atoms with E-state index in [0.29, 0.717) is 22.3 Å². The van der Waals surface area contributed by atoms with Crippen LogP contribution in [0.4, 0.5) is 10.3 Å². The van der Waals surface area contributed by atoms with Crippen molar-refractivity contribution in [1.82, 2.24) is 15.0 Å². The smallest absolute Gasteiger partial charge is 0.262 e. The Bertz CT molecular complexity index is 1080. The van der Waals surface area contributed by atoms with Crippen LogP contribution in [0.15, 0.2) is 59.4 Å². The number of nitrogens with one attached hydrogen (secondary N) is 2. The summed E-state index contributed by atoms with van der Waals surface area (Å²) in [6.07, 6.45) is 0. The number of rotatable bonds is 2. The second kappa shape index (κ2) is 5.34. The molecular formula is C18H13FN4O. The van der Waals surface area contributed by atoms with Crippen LogP contribution in [-0.4, -0.2) is 15.0 Å². The second-order valence-corrected chi connectivity index (χ2v) is 5.42. The van der Waals surface area contributed by atoms with E-state index < -0.39 is 0 Å². The number of benzene rings is 2. The van der Waals surface area contributed by atoms with E-state index in [2.05, 4.69) is 15.0 Å². The Labute approximate surface area is 136 Å². The summed E-state index contributed by atoms with van der Waals surface area (Å²) in [5.74, 6) is -0.282. The number of fused-ring (bicyclic) bond motifs is 1. The molecule has 24 heavy (non-hydrogen) atoms. The quantitative estimate of drug-likeness (QED) is 0.529. The molecule has 0 unspecified atom stereocenters. The number of aromatic amines is 2. The van der Waals surface area contributed by atoms with Crippen molar-refractivity contribution in [3.05, 3.63) is 70.8 Å². The number of aromatic nitrogens is 3. The fourth-order valence-electron chi connectivity index (χ4n) is 2.85. The molecule has 118 valence electrons. The summed E-state index contributed by atoms with van der Waals surface area (Å²) < 4.78 is 13.3. The monoisotopic (exact) mass is 320 g/mol. The van der Waals surface area contributed by atoms with Crippen LogP contribution >= 0.6 is 0 Å². The van der Waals surface area contributed by atoms with Crippen LogP contribution in [-0.2, 0) is 0 Å². The maximum atomic E-state index is 13.3. The maximum absolute atomic E-state index is 13.3. The highest BCUT2D eigenvalue weighted by molar-refractivity contribution is 6.02. The molecule has 6 heteroatoms. The van der Waals surface area contributed by atoms with Crippen molar-refractivity contribution in [3.63, 3.8) is 0 Å². The molecule has 4 aromatic rings. The maximum Gasteiger partial charge on any atom is 0.262 e. The molecule has 0 saturated heterocycles. The highest BCUT2D eigenvalue weighted by Crippen LogP contribution is 2.36.